The Labute approximate surface area is 205 Å². The molecule has 0 spiro atoms. The van der Waals surface area contributed by atoms with E-state index in [0.29, 0.717) is 11.4 Å². The van der Waals surface area contributed by atoms with Gasteiger partial charge >= 0.3 is 0 Å². The van der Waals surface area contributed by atoms with Crippen LogP contribution in [-0.4, -0.2) is 33.5 Å². The van der Waals surface area contributed by atoms with Gasteiger partial charge in [0, 0.05) is 28.2 Å². The van der Waals surface area contributed by atoms with Gasteiger partial charge in [0.25, 0.3) is 0 Å². The van der Waals surface area contributed by atoms with Crippen LogP contribution >= 0.6 is 0 Å². The largest absolute Gasteiger partial charge is 0.496 e. The minimum Gasteiger partial charge on any atom is -0.496 e. The van der Waals surface area contributed by atoms with Crippen molar-refractivity contribution in [3.05, 3.63) is 66.4 Å². The van der Waals surface area contributed by atoms with Crippen LogP contribution in [0, 0.1) is 0 Å². The first-order valence-corrected chi connectivity index (χ1v) is 13.0. The second-order valence-electron chi connectivity index (χ2n) is 9.66. The van der Waals surface area contributed by atoms with Crippen molar-refractivity contribution in [2.75, 3.05) is 23.0 Å². The fourth-order valence-electron chi connectivity index (χ4n) is 4.23. The van der Waals surface area contributed by atoms with Crippen molar-refractivity contribution in [2.24, 2.45) is 0 Å². The highest BCUT2D eigenvalue weighted by Crippen LogP contribution is 2.44. The zero-order chi connectivity index (χ0) is 25.5. The van der Waals surface area contributed by atoms with Crippen molar-refractivity contribution in [2.45, 2.75) is 32.6 Å². The van der Waals surface area contributed by atoms with Gasteiger partial charge in [0.05, 0.1) is 25.5 Å². The first kappa shape index (κ1) is 24.5. The average molecular weight is 493 g/mol. The molecule has 3 aromatic carbocycles. The summed E-state index contributed by atoms with van der Waals surface area (Å²) in [6, 6.07) is 15.0. The monoisotopic (exact) mass is 492 g/mol. The Morgan fingerprint density at radius 1 is 0.943 bits per heavy atom. The zero-order valence-electron chi connectivity index (χ0n) is 20.4. The normalized spacial score (nSPS) is 14.5. The highest BCUT2D eigenvalue weighted by Gasteiger charge is 2.28. The van der Waals surface area contributed by atoms with E-state index < -0.39 is 10.0 Å². The Kier molecular flexibility index (Phi) is 6.19. The molecule has 0 aromatic heterocycles. The molecule has 35 heavy (non-hydrogen) atoms. The fraction of sp³-hybridized carbons (Fsp3) is 0.259. The number of allylic oxidation sites excluding steroid dienone is 1. The van der Waals surface area contributed by atoms with Crippen molar-refractivity contribution >= 4 is 43.9 Å². The molecule has 0 saturated carbocycles. The number of hydrogen-bond donors (Lipinski definition) is 1. The number of carbonyl (C=O) groups excluding carboxylic acids is 2. The number of amides is 1. The van der Waals surface area contributed by atoms with Crippen LogP contribution in [0.1, 0.15) is 32.8 Å². The molecule has 1 amide bonds. The van der Waals surface area contributed by atoms with Gasteiger partial charge in [-0.2, -0.15) is 0 Å². The van der Waals surface area contributed by atoms with Crippen LogP contribution in [0.25, 0.3) is 21.9 Å². The third kappa shape index (κ3) is 5.07. The zero-order valence-corrected chi connectivity index (χ0v) is 21.2. The summed E-state index contributed by atoms with van der Waals surface area (Å²) in [5, 5.41) is 1.66. The van der Waals surface area contributed by atoms with Crippen LogP contribution < -0.4 is 14.4 Å². The maximum atomic E-state index is 12.8. The second-order valence-corrected chi connectivity index (χ2v) is 11.4. The lowest BCUT2D eigenvalue weighted by Crippen LogP contribution is -2.31. The molecule has 0 aliphatic carbocycles. The van der Waals surface area contributed by atoms with E-state index in [-0.39, 0.29) is 23.5 Å². The van der Waals surface area contributed by atoms with Gasteiger partial charge in [-0.3, -0.25) is 19.2 Å². The average Bonchev–Trinajstić information content (AvgIpc) is 2.76. The molecule has 1 heterocycles. The van der Waals surface area contributed by atoms with E-state index in [2.05, 4.69) is 25.5 Å². The van der Waals surface area contributed by atoms with Crippen LogP contribution in [0.15, 0.2) is 60.8 Å². The topological polar surface area (TPSA) is 92.8 Å². The standard InChI is InChI=1S/C27H28N2O5S/c1-27(2,3)23-16-24(29-13-12-20(30)15-25(29)31)21-11-8-18(14-22(21)26(23)34-4)17-6-9-19(10-7-17)28-35(5,32)33/h6-14,16,28H,15H2,1-5H3. The molecule has 1 aliphatic rings. The van der Waals surface area contributed by atoms with Crippen LogP contribution in [0.3, 0.4) is 0 Å². The maximum Gasteiger partial charge on any atom is 0.238 e. The second kappa shape index (κ2) is 8.85. The van der Waals surface area contributed by atoms with Crippen LogP contribution in [0.4, 0.5) is 11.4 Å². The van der Waals surface area contributed by atoms with E-state index in [0.717, 1.165) is 39.5 Å². The number of nitrogens with zero attached hydrogens (tertiary/aromatic N) is 1. The Morgan fingerprint density at radius 3 is 2.17 bits per heavy atom. The lowest BCUT2D eigenvalue weighted by molar-refractivity contribution is -0.124. The highest BCUT2D eigenvalue weighted by atomic mass is 32.2. The fourth-order valence-corrected chi connectivity index (χ4v) is 4.79. The molecule has 1 aliphatic heterocycles. The summed E-state index contributed by atoms with van der Waals surface area (Å²) in [7, 11) is -1.73. The van der Waals surface area contributed by atoms with E-state index >= 15 is 0 Å². The Morgan fingerprint density at radius 2 is 1.60 bits per heavy atom. The molecule has 0 radical (unpaired) electrons. The van der Waals surface area contributed by atoms with Gasteiger partial charge in [-0.1, -0.05) is 45.0 Å². The van der Waals surface area contributed by atoms with Gasteiger partial charge in [0.2, 0.25) is 15.9 Å². The summed E-state index contributed by atoms with van der Waals surface area (Å²) < 4.78 is 31.4. The number of methoxy groups -OCH3 is 1. The lowest BCUT2D eigenvalue weighted by atomic mass is 9.83. The summed E-state index contributed by atoms with van der Waals surface area (Å²) in [5.41, 5.74) is 3.65. The Hall–Kier alpha value is -3.65. The van der Waals surface area contributed by atoms with Crippen molar-refractivity contribution in [3.63, 3.8) is 0 Å². The lowest BCUT2D eigenvalue weighted by Gasteiger charge is -2.29. The number of hydrogen-bond acceptors (Lipinski definition) is 5. The molecule has 182 valence electrons. The Balaban J connectivity index is 1.91. The van der Waals surface area contributed by atoms with Gasteiger partial charge in [-0.05, 0) is 46.9 Å². The molecule has 1 N–H and O–H groups in total. The number of rotatable bonds is 5. The van der Waals surface area contributed by atoms with Crippen LogP contribution in [0.2, 0.25) is 0 Å². The van der Waals surface area contributed by atoms with Crippen LogP contribution in [0.5, 0.6) is 5.75 Å². The number of sulfonamides is 1. The SMILES string of the molecule is COc1c(C(C)(C)C)cc(N2C=CC(=O)CC2=O)c2ccc(-c3ccc(NS(C)(=O)=O)cc3)cc12. The summed E-state index contributed by atoms with van der Waals surface area (Å²) in [5.74, 6) is 0.232. The van der Waals surface area contributed by atoms with Crippen molar-refractivity contribution in [1.29, 1.82) is 0 Å². The molecular formula is C27H28N2O5S. The van der Waals surface area contributed by atoms with Crippen molar-refractivity contribution < 1.29 is 22.7 Å². The molecular weight excluding hydrogens is 464 g/mol. The minimum absolute atomic E-state index is 0.166. The van der Waals surface area contributed by atoms with E-state index in [1.54, 1.807) is 19.2 Å². The molecule has 0 atom stereocenters. The number of nitrogens with one attached hydrogen (secondary N) is 1. The van der Waals surface area contributed by atoms with Gasteiger partial charge in [-0.25, -0.2) is 8.42 Å². The third-order valence-corrected chi connectivity index (χ3v) is 6.47. The predicted octanol–water partition coefficient (Wildman–Crippen LogP) is 5.00. The van der Waals surface area contributed by atoms with Gasteiger partial charge in [-0.15, -0.1) is 0 Å². The first-order valence-electron chi connectivity index (χ1n) is 11.1. The first-order chi connectivity index (χ1) is 16.4. The van der Waals surface area contributed by atoms with Crippen molar-refractivity contribution in [3.8, 4) is 16.9 Å². The van der Waals surface area contributed by atoms with Gasteiger partial charge < -0.3 is 4.74 Å². The molecule has 8 heteroatoms. The summed E-state index contributed by atoms with van der Waals surface area (Å²) in [4.78, 5) is 26.0. The quantitative estimate of drug-likeness (QED) is 0.506. The number of carbonyl (C=O) groups is 2. The van der Waals surface area contributed by atoms with Gasteiger partial charge in [0.15, 0.2) is 5.78 Å². The van der Waals surface area contributed by atoms with Crippen LogP contribution in [-0.2, 0) is 25.0 Å². The molecule has 4 rings (SSSR count). The summed E-state index contributed by atoms with van der Waals surface area (Å²) >= 11 is 0. The number of ether oxygens (including phenoxy) is 1. The van der Waals surface area contributed by atoms with Gasteiger partial charge in [0.1, 0.15) is 5.75 Å². The number of fused-ring (bicyclic) bond motifs is 1. The molecule has 0 saturated heterocycles. The highest BCUT2D eigenvalue weighted by molar-refractivity contribution is 7.92. The maximum absolute atomic E-state index is 12.8. The van der Waals surface area contributed by atoms with Crippen molar-refractivity contribution in [1.82, 2.24) is 0 Å². The summed E-state index contributed by atoms with van der Waals surface area (Å²) in [6.07, 6.45) is 3.90. The number of benzene rings is 3. The predicted molar refractivity (Wildman–Crippen MR) is 139 cm³/mol. The van der Waals surface area contributed by atoms with E-state index in [4.69, 9.17) is 4.74 Å². The minimum atomic E-state index is -3.36. The molecule has 0 fully saturated rings. The van der Waals surface area contributed by atoms with E-state index in [9.17, 15) is 18.0 Å². The number of ketones is 1. The smallest absolute Gasteiger partial charge is 0.238 e. The molecule has 3 aromatic rings. The molecule has 0 unspecified atom stereocenters. The number of anilines is 2. The molecule has 7 nitrogen and oxygen atoms in total. The Bertz CT molecular complexity index is 1470. The summed E-state index contributed by atoms with van der Waals surface area (Å²) in [6.45, 7) is 6.24. The van der Waals surface area contributed by atoms with E-state index in [1.165, 1.54) is 17.2 Å². The van der Waals surface area contributed by atoms with E-state index in [1.807, 2.05) is 36.4 Å². The third-order valence-electron chi connectivity index (χ3n) is 5.86. The molecule has 0 bridgehead atoms.